The van der Waals surface area contributed by atoms with E-state index in [2.05, 4.69) is 27.4 Å². The minimum atomic E-state index is 0. The zero-order chi connectivity index (χ0) is 15.6. The summed E-state index contributed by atoms with van der Waals surface area (Å²) in [5, 5.41) is 6.80. The van der Waals surface area contributed by atoms with E-state index in [4.69, 9.17) is 4.74 Å². The lowest BCUT2D eigenvalue weighted by Crippen LogP contribution is -2.41. The smallest absolute Gasteiger partial charge is 0.190 e. The topological polar surface area (TPSA) is 48.9 Å². The third-order valence-electron chi connectivity index (χ3n) is 4.42. The molecule has 1 unspecified atom stereocenters. The zero-order valence-electron chi connectivity index (χ0n) is 14.9. The van der Waals surface area contributed by atoms with Crippen molar-refractivity contribution in [3.05, 3.63) is 0 Å². The fourth-order valence-electron chi connectivity index (χ4n) is 2.88. The fourth-order valence-corrected chi connectivity index (χ4v) is 2.88. The van der Waals surface area contributed by atoms with Crippen LogP contribution in [0, 0.1) is 11.8 Å². The van der Waals surface area contributed by atoms with Crippen molar-refractivity contribution in [2.75, 3.05) is 53.0 Å². The Morgan fingerprint density at radius 1 is 1.26 bits per heavy atom. The molecule has 0 aromatic heterocycles. The van der Waals surface area contributed by atoms with Gasteiger partial charge in [-0.15, -0.1) is 24.0 Å². The molecule has 1 atom stereocenters. The Bertz CT molecular complexity index is 331. The third kappa shape index (κ3) is 9.72. The number of nitrogens with one attached hydrogen (secondary N) is 2. The van der Waals surface area contributed by atoms with Gasteiger partial charge in [-0.2, -0.15) is 0 Å². The summed E-state index contributed by atoms with van der Waals surface area (Å²) in [5.41, 5.74) is 0. The molecule has 0 bridgehead atoms. The Labute approximate surface area is 159 Å². The first-order valence-electron chi connectivity index (χ1n) is 9.02. The molecule has 5 nitrogen and oxygen atoms in total. The minimum absolute atomic E-state index is 0. The van der Waals surface area contributed by atoms with Gasteiger partial charge in [0.2, 0.25) is 0 Å². The van der Waals surface area contributed by atoms with Crippen LogP contribution in [0.15, 0.2) is 4.99 Å². The molecule has 1 saturated heterocycles. The van der Waals surface area contributed by atoms with Crippen molar-refractivity contribution in [3.63, 3.8) is 0 Å². The lowest BCUT2D eigenvalue weighted by molar-refractivity contribution is 0.123. The highest BCUT2D eigenvalue weighted by molar-refractivity contribution is 14.0. The highest BCUT2D eigenvalue weighted by Crippen LogP contribution is 2.28. The molecule has 0 radical (unpaired) electrons. The molecule has 2 rings (SSSR count). The Kier molecular flexibility index (Phi) is 11.2. The summed E-state index contributed by atoms with van der Waals surface area (Å²) in [5.74, 6) is 2.42. The molecule has 1 saturated carbocycles. The van der Waals surface area contributed by atoms with Crippen molar-refractivity contribution in [3.8, 4) is 0 Å². The Hall–Kier alpha value is -0.0800. The predicted molar refractivity (Wildman–Crippen MR) is 108 cm³/mol. The van der Waals surface area contributed by atoms with Crippen LogP contribution in [0.2, 0.25) is 0 Å². The van der Waals surface area contributed by atoms with Gasteiger partial charge in [-0.05, 0) is 57.0 Å². The van der Waals surface area contributed by atoms with Crippen molar-refractivity contribution in [2.24, 2.45) is 16.8 Å². The minimum Gasteiger partial charge on any atom is -0.381 e. The molecule has 2 fully saturated rings. The number of ether oxygens (including phenoxy) is 1. The van der Waals surface area contributed by atoms with E-state index in [9.17, 15) is 0 Å². The lowest BCUT2D eigenvalue weighted by Gasteiger charge is -2.21. The van der Waals surface area contributed by atoms with Crippen LogP contribution in [0.1, 0.15) is 39.0 Å². The quantitative estimate of drug-likeness (QED) is 0.238. The van der Waals surface area contributed by atoms with Gasteiger partial charge in [0.1, 0.15) is 0 Å². The summed E-state index contributed by atoms with van der Waals surface area (Å²) in [6.07, 6.45) is 6.50. The molecule has 0 aromatic carbocycles. The van der Waals surface area contributed by atoms with Crippen molar-refractivity contribution < 1.29 is 4.74 Å². The normalized spacial score (nSPS) is 20.2. The molecule has 0 aromatic rings. The molecule has 1 heterocycles. The standard InChI is InChI=1S/C17H34N4O.HI/c1-15(13-21-9-3-4-10-21)12-20-17(18-2)19-8-5-11-22-14-16-6-7-16;/h15-16H,3-14H2,1-2H3,(H2,18,19,20);1H. The van der Waals surface area contributed by atoms with E-state index < -0.39 is 0 Å². The second kappa shape index (κ2) is 12.3. The van der Waals surface area contributed by atoms with Crippen LogP contribution < -0.4 is 10.6 Å². The molecule has 1 aliphatic heterocycles. The molecule has 0 amide bonds. The first kappa shape index (κ1) is 21.0. The second-order valence-corrected chi connectivity index (χ2v) is 6.86. The average molecular weight is 438 g/mol. The number of likely N-dealkylation sites (tertiary alicyclic amines) is 1. The van der Waals surface area contributed by atoms with Gasteiger partial charge < -0.3 is 20.3 Å². The summed E-state index contributed by atoms with van der Waals surface area (Å²) in [7, 11) is 1.84. The summed E-state index contributed by atoms with van der Waals surface area (Å²) in [6.45, 7) is 9.77. The Morgan fingerprint density at radius 3 is 2.65 bits per heavy atom. The lowest BCUT2D eigenvalue weighted by atomic mass is 10.1. The predicted octanol–water partition coefficient (Wildman–Crippen LogP) is 2.32. The van der Waals surface area contributed by atoms with Crippen LogP contribution in [-0.2, 0) is 4.74 Å². The van der Waals surface area contributed by atoms with Gasteiger partial charge in [0.15, 0.2) is 5.96 Å². The second-order valence-electron chi connectivity index (χ2n) is 6.86. The van der Waals surface area contributed by atoms with Crippen molar-refractivity contribution in [1.82, 2.24) is 15.5 Å². The summed E-state index contributed by atoms with van der Waals surface area (Å²) < 4.78 is 5.64. The number of nitrogens with zero attached hydrogens (tertiary/aromatic N) is 2. The summed E-state index contributed by atoms with van der Waals surface area (Å²) >= 11 is 0. The Morgan fingerprint density at radius 2 is 2.00 bits per heavy atom. The largest absolute Gasteiger partial charge is 0.381 e. The molecule has 6 heteroatoms. The van der Waals surface area contributed by atoms with Gasteiger partial charge in [-0.25, -0.2) is 0 Å². The van der Waals surface area contributed by atoms with Crippen LogP contribution in [0.4, 0.5) is 0 Å². The SMILES string of the molecule is CN=C(NCCCOCC1CC1)NCC(C)CN1CCCC1.I. The molecule has 23 heavy (non-hydrogen) atoms. The van der Waals surface area contributed by atoms with Crippen molar-refractivity contribution >= 4 is 29.9 Å². The fraction of sp³-hybridized carbons (Fsp3) is 0.941. The van der Waals surface area contributed by atoms with Gasteiger partial charge in [-0.3, -0.25) is 4.99 Å². The molecule has 1 aliphatic carbocycles. The molecule has 2 N–H and O–H groups in total. The van der Waals surface area contributed by atoms with Crippen LogP contribution >= 0.6 is 24.0 Å². The number of hydrogen-bond acceptors (Lipinski definition) is 3. The van der Waals surface area contributed by atoms with Crippen LogP contribution in [0.25, 0.3) is 0 Å². The summed E-state index contributed by atoms with van der Waals surface area (Å²) in [4.78, 5) is 6.86. The highest BCUT2D eigenvalue weighted by Gasteiger charge is 2.20. The number of halogens is 1. The van der Waals surface area contributed by atoms with Gasteiger partial charge in [-0.1, -0.05) is 6.92 Å². The van der Waals surface area contributed by atoms with Crippen LogP contribution in [-0.4, -0.2) is 63.8 Å². The average Bonchev–Trinajstić information content (AvgIpc) is 3.21. The summed E-state index contributed by atoms with van der Waals surface area (Å²) in [6, 6.07) is 0. The number of aliphatic imine (C=N–C) groups is 1. The van der Waals surface area contributed by atoms with Gasteiger partial charge in [0.05, 0.1) is 0 Å². The van der Waals surface area contributed by atoms with Crippen molar-refractivity contribution in [2.45, 2.75) is 39.0 Å². The van der Waals surface area contributed by atoms with E-state index in [1.165, 1.54) is 45.3 Å². The monoisotopic (exact) mass is 438 g/mol. The molecular formula is C17H35IN4O. The van der Waals surface area contributed by atoms with E-state index >= 15 is 0 Å². The third-order valence-corrected chi connectivity index (χ3v) is 4.42. The molecule has 136 valence electrons. The molecule has 0 spiro atoms. The zero-order valence-corrected chi connectivity index (χ0v) is 17.2. The van der Waals surface area contributed by atoms with E-state index in [1.807, 2.05) is 7.05 Å². The number of hydrogen-bond donors (Lipinski definition) is 2. The van der Waals surface area contributed by atoms with Gasteiger partial charge in [0.25, 0.3) is 0 Å². The first-order valence-corrected chi connectivity index (χ1v) is 9.02. The highest BCUT2D eigenvalue weighted by atomic mass is 127. The maximum Gasteiger partial charge on any atom is 0.190 e. The van der Waals surface area contributed by atoms with E-state index in [1.54, 1.807) is 0 Å². The number of rotatable bonds is 10. The molecule has 2 aliphatic rings. The van der Waals surface area contributed by atoms with Gasteiger partial charge >= 0.3 is 0 Å². The molecular weight excluding hydrogens is 403 g/mol. The van der Waals surface area contributed by atoms with Crippen LogP contribution in [0.5, 0.6) is 0 Å². The maximum absolute atomic E-state index is 5.64. The maximum atomic E-state index is 5.64. The number of guanidine groups is 1. The Balaban J connectivity index is 0.00000264. The van der Waals surface area contributed by atoms with E-state index in [-0.39, 0.29) is 24.0 Å². The van der Waals surface area contributed by atoms with E-state index in [0.717, 1.165) is 44.6 Å². The van der Waals surface area contributed by atoms with Crippen LogP contribution in [0.3, 0.4) is 0 Å². The van der Waals surface area contributed by atoms with E-state index in [0.29, 0.717) is 5.92 Å². The van der Waals surface area contributed by atoms with Crippen molar-refractivity contribution in [1.29, 1.82) is 0 Å². The first-order chi connectivity index (χ1) is 10.8. The van der Waals surface area contributed by atoms with Gasteiger partial charge in [0, 0.05) is 39.9 Å².